The van der Waals surface area contributed by atoms with Crippen LogP contribution in [0.3, 0.4) is 0 Å². The smallest absolute Gasteiger partial charge is 0.230 e. The number of rotatable bonds is 4. The van der Waals surface area contributed by atoms with E-state index >= 15 is 0 Å². The molecular weight excluding hydrogens is 394 g/mol. The largest absolute Gasteiger partial charge is 0.347 e. The van der Waals surface area contributed by atoms with Crippen molar-refractivity contribution in [1.29, 1.82) is 0 Å². The van der Waals surface area contributed by atoms with Crippen molar-refractivity contribution in [2.75, 3.05) is 11.9 Å². The number of H-pyrrole nitrogens is 1. The molecule has 4 aromatic rings. The fourth-order valence-electron chi connectivity index (χ4n) is 5.16. The Morgan fingerprint density at radius 1 is 0.938 bits per heavy atom. The van der Waals surface area contributed by atoms with Gasteiger partial charge in [-0.05, 0) is 35.2 Å². The lowest BCUT2D eigenvalue weighted by Gasteiger charge is -2.38. The summed E-state index contributed by atoms with van der Waals surface area (Å²) in [5.74, 6) is 0.0235. The number of amides is 1. The average molecular weight is 422 g/mol. The van der Waals surface area contributed by atoms with Crippen LogP contribution in [0.2, 0.25) is 0 Å². The number of imidazole rings is 1. The first kappa shape index (κ1) is 20.3. The van der Waals surface area contributed by atoms with Gasteiger partial charge in [0.15, 0.2) is 0 Å². The van der Waals surface area contributed by atoms with Crippen LogP contribution in [0.25, 0.3) is 0 Å². The Hall–Kier alpha value is -3.66. The first-order valence-corrected chi connectivity index (χ1v) is 11.0. The molecule has 4 nitrogen and oxygen atoms in total. The lowest BCUT2D eigenvalue weighted by Crippen LogP contribution is -2.40. The number of hydrogen-bond donors (Lipinski definition) is 1. The van der Waals surface area contributed by atoms with Crippen molar-refractivity contribution in [2.24, 2.45) is 5.92 Å². The number of aromatic amines is 1. The zero-order valence-corrected chi connectivity index (χ0v) is 18.6. The fourth-order valence-corrected chi connectivity index (χ4v) is 5.16. The number of benzene rings is 3. The van der Waals surface area contributed by atoms with Gasteiger partial charge in [-0.3, -0.25) is 4.79 Å². The van der Waals surface area contributed by atoms with E-state index in [1.807, 2.05) is 44.4 Å². The van der Waals surface area contributed by atoms with Gasteiger partial charge in [0, 0.05) is 36.5 Å². The average Bonchev–Trinajstić information content (AvgIpc) is 3.39. The van der Waals surface area contributed by atoms with Gasteiger partial charge in [0.1, 0.15) is 0 Å². The summed E-state index contributed by atoms with van der Waals surface area (Å²) in [4.78, 5) is 22.5. The zero-order chi connectivity index (χ0) is 22.3. The highest BCUT2D eigenvalue weighted by Crippen LogP contribution is 2.46. The van der Waals surface area contributed by atoms with Gasteiger partial charge in [-0.1, -0.05) is 79.7 Å². The molecule has 0 bridgehead atoms. The Balaban J connectivity index is 1.74. The van der Waals surface area contributed by atoms with Crippen LogP contribution in [-0.2, 0) is 10.2 Å². The summed E-state index contributed by atoms with van der Waals surface area (Å²) in [5.41, 5.74) is 6.32. The molecule has 3 atom stereocenters. The predicted octanol–water partition coefficient (Wildman–Crippen LogP) is 5.51. The van der Waals surface area contributed by atoms with Crippen molar-refractivity contribution in [3.8, 4) is 0 Å². The van der Waals surface area contributed by atoms with Crippen LogP contribution in [0.15, 0.2) is 91.4 Å². The predicted molar refractivity (Wildman–Crippen MR) is 128 cm³/mol. The Morgan fingerprint density at radius 3 is 2.28 bits per heavy atom. The molecule has 32 heavy (non-hydrogen) atoms. The van der Waals surface area contributed by atoms with Crippen molar-refractivity contribution in [3.63, 3.8) is 0 Å². The summed E-state index contributed by atoms with van der Waals surface area (Å²) in [6.45, 7) is 4.27. The van der Waals surface area contributed by atoms with Crippen LogP contribution >= 0.6 is 0 Å². The topological polar surface area (TPSA) is 49.0 Å². The number of nitrogens with one attached hydrogen (secondary N) is 1. The molecule has 1 N–H and O–H groups in total. The maximum atomic E-state index is 13.1. The Labute approximate surface area is 189 Å². The molecule has 1 amide bonds. The van der Waals surface area contributed by atoms with Crippen molar-refractivity contribution in [2.45, 2.75) is 25.2 Å². The lowest BCUT2D eigenvalue weighted by atomic mass is 9.71. The highest BCUT2D eigenvalue weighted by atomic mass is 16.2. The minimum Gasteiger partial charge on any atom is -0.347 e. The molecule has 0 saturated carbocycles. The number of carbonyl (C=O) groups excluding carboxylic acids is 1. The highest BCUT2D eigenvalue weighted by Gasteiger charge is 2.39. The van der Waals surface area contributed by atoms with Gasteiger partial charge >= 0.3 is 0 Å². The second-order valence-corrected chi connectivity index (χ2v) is 8.80. The van der Waals surface area contributed by atoms with E-state index in [1.54, 1.807) is 11.2 Å². The number of anilines is 1. The summed E-state index contributed by atoms with van der Waals surface area (Å²) in [6, 6.07) is 27.4. The summed E-state index contributed by atoms with van der Waals surface area (Å²) >= 11 is 0. The molecule has 0 radical (unpaired) electrons. The third kappa shape index (κ3) is 3.06. The molecule has 0 aliphatic carbocycles. The fraction of sp³-hybridized carbons (Fsp3) is 0.214. The first-order chi connectivity index (χ1) is 15.5. The molecule has 0 spiro atoms. The summed E-state index contributed by atoms with van der Waals surface area (Å²) < 4.78 is 0. The van der Waals surface area contributed by atoms with Gasteiger partial charge in [0.25, 0.3) is 0 Å². The Bertz CT molecular complexity index is 1230. The molecule has 0 fully saturated rings. The van der Waals surface area contributed by atoms with E-state index in [0.717, 1.165) is 11.4 Å². The second-order valence-electron chi connectivity index (χ2n) is 8.80. The number of fused-ring (bicyclic) bond motifs is 1. The van der Waals surface area contributed by atoms with Crippen molar-refractivity contribution < 1.29 is 4.79 Å². The quantitative estimate of drug-likeness (QED) is 0.472. The van der Waals surface area contributed by atoms with Crippen molar-refractivity contribution >= 4 is 11.6 Å². The monoisotopic (exact) mass is 421 g/mol. The molecule has 160 valence electrons. The Morgan fingerprint density at radius 2 is 1.62 bits per heavy atom. The zero-order valence-electron chi connectivity index (χ0n) is 18.6. The number of aromatic nitrogens is 2. The van der Waals surface area contributed by atoms with Gasteiger partial charge < -0.3 is 9.88 Å². The molecule has 5 rings (SSSR count). The molecular formula is C28H27N3O. The van der Waals surface area contributed by atoms with E-state index in [0.29, 0.717) is 0 Å². The Kier molecular flexibility index (Phi) is 4.93. The van der Waals surface area contributed by atoms with Crippen molar-refractivity contribution in [3.05, 3.63) is 119 Å². The minimum atomic E-state index is -0.405. The molecule has 2 heterocycles. The maximum absolute atomic E-state index is 13.1. The van der Waals surface area contributed by atoms with Crippen LogP contribution in [0, 0.1) is 5.92 Å². The van der Waals surface area contributed by atoms with Gasteiger partial charge in [-0.15, -0.1) is 0 Å². The van der Waals surface area contributed by atoms with E-state index in [9.17, 15) is 4.79 Å². The first-order valence-electron chi connectivity index (χ1n) is 11.0. The third-order valence-corrected chi connectivity index (χ3v) is 7.07. The van der Waals surface area contributed by atoms with E-state index in [1.165, 1.54) is 22.3 Å². The van der Waals surface area contributed by atoms with E-state index in [-0.39, 0.29) is 17.7 Å². The molecule has 3 aromatic carbocycles. The molecule has 4 heteroatoms. The molecule has 1 aromatic heterocycles. The van der Waals surface area contributed by atoms with Gasteiger partial charge in [-0.25, -0.2) is 4.98 Å². The molecule has 3 unspecified atom stereocenters. The maximum Gasteiger partial charge on any atom is 0.230 e. The van der Waals surface area contributed by atoms with E-state index in [2.05, 4.69) is 71.5 Å². The van der Waals surface area contributed by atoms with Crippen LogP contribution in [0.4, 0.5) is 5.69 Å². The molecule has 1 aliphatic heterocycles. The standard InChI is InChI=1S/C28H27N3O/c1-19-26(20-10-6-4-7-11-20)23-16-22(14-15-24(23)31(3)27(19)32)28(2,25-17-29-18-30-25)21-12-8-5-9-13-21/h4-19,26H,1-3H3,(H,29,30). The summed E-state index contributed by atoms with van der Waals surface area (Å²) in [5, 5.41) is 0. The summed E-state index contributed by atoms with van der Waals surface area (Å²) in [6.07, 6.45) is 3.63. The van der Waals surface area contributed by atoms with Gasteiger partial charge in [0.2, 0.25) is 5.91 Å². The number of hydrogen-bond acceptors (Lipinski definition) is 2. The SMILES string of the molecule is CC1C(=O)N(C)c2ccc(C(C)(c3ccccc3)c3cnc[nH]3)cc2C1c1ccccc1. The normalized spacial score (nSPS) is 20.0. The third-order valence-electron chi connectivity index (χ3n) is 7.07. The highest BCUT2D eigenvalue weighted by molar-refractivity contribution is 5.99. The molecule has 0 saturated heterocycles. The van der Waals surface area contributed by atoms with Crippen LogP contribution in [0.1, 0.15) is 47.7 Å². The number of carbonyl (C=O) groups is 1. The van der Waals surface area contributed by atoms with Crippen LogP contribution in [-0.4, -0.2) is 22.9 Å². The minimum absolute atomic E-state index is 0.0108. The second kappa shape index (κ2) is 7.79. The van der Waals surface area contributed by atoms with Gasteiger partial charge in [0.05, 0.1) is 11.7 Å². The van der Waals surface area contributed by atoms with E-state index < -0.39 is 5.41 Å². The lowest BCUT2D eigenvalue weighted by molar-refractivity contribution is -0.122. The van der Waals surface area contributed by atoms with Gasteiger partial charge in [-0.2, -0.15) is 0 Å². The van der Waals surface area contributed by atoms with Crippen molar-refractivity contribution in [1.82, 2.24) is 9.97 Å². The number of nitrogens with zero attached hydrogens (tertiary/aromatic N) is 2. The van der Waals surface area contributed by atoms with Crippen LogP contribution in [0.5, 0.6) is 0 Å². The van der Waals surface area contributed by atoms with Crippen LogP contribution < -0.4 is 4.90 Å². The summed E-state index contributed by atoms with van der Waals surface area (Å²) in [7, 11) is 1.88. The van der Waals surface area contributed by atoms with E-state index in [4.69, 9.17) is 0 Å². The molecule has 1 aliphatic rings.